The van der Waals surface area contributed by atoms with Gasteiger partial charge in [-0.25, -0.2) is 5.84 Å². The number of nitrogens with one attached hydrogen (secondary N) is 1. The number of carbonyl (C=O) groups is 2. The van der Waals surface area contributed by atoms with Crippen molar-refractivity contribution in [1.82, 2.24) is 5.01 Å². The molecule has 0 bridgehead atoms. The van der Waals surface area contributed by atoms with Gasteiger partial charge < -0.3 is 16.9 Å². The molecule has 1 unspecified atom stereocenters. The molecule has 0 aromatic carbocycles. The maximum absolute atomic E-state index is 12.5. The molecule has 25 heavy (non-hydrogen) atoms. The zero-order valence-electron chi connectivity index (χ0n) is 13.9. The van der Waals surface area contributed by atoms with E-state index in [2.05, 4.69) is 10.4 Å². The van der Waals surface area contributed by atoms with Crippen molar-refractivity contribution in [3.63, 3.8) is 0 Å². The third-order valence-corrected chi connectivity index (χ3v) is 6.63. The van der Waals surface area contributed by atoms with E-state index in [4.69, 9.17) is 17.4 Å². The molecule has 3 rings (SSSR count). The van der Waals surface area contributed by atoms with E-state index in [0.29, 0.717) is 15.7 Å². The molecule has 1 saturated carbocycles. The monoisotopic (exact) mass is 382 g/mol. The van der Waals surface area contributed by atoms with Gasteiger partial charge >= 0.3 is 0 Å². The number of thioether (sulfide) groups is 1. The molecule has 10 heteroatoms. The van der Waals surface area contributed by atoms with Crippen molar-refractivity contribution in [2.45, 2.75) is 50.3 Å². The molecule has 1 heterocycles. The highest BCUT2D eigenvalue weighted by atomic mass is 32.2. The molecule has 1 aromatic rings. The number of amides is 2. The van der Waals surface area contributed by atoms with Crippen LogP contribution in [0.25, 0.3) is 0 Å². The lowest BCUT2D eigenvalue weighted by Gasteiger charge is -2.21. The van der Waals surface area contributed by atoms with Crippen molar-refractivity contribution in [3.8, 4) is 0 Å². The van der Waals surface area contributed by atoms with E-state index in [1.54, 1.807) is 6.92 Å². The van der Waals surface area contributed by atoms with Gasteiger partial charge in [-0.05, 0) is 44.6 Å². The number of aryl methyl sites for hydroxylation is 1. The average molecular weight is 383 g/mol. The summed E-state index contributed by atoms with van der Waals surface area (Å²) in [4.78, 5) is 25.5. The molecule has 7 N–H and O–H groups in total. The minimum Gasteiger partial charge on any atom is -0.365 e. The van der Waals surface area contributed by atoms with Gasteiger partial charge in [0.2, 0.25) is 5.91 Å². The van der Waals surface area contributed by atoms with E-state index >= 15 is 0 Å². The molecule has 1 aromatic heterocycles. The van der Waals surface area contributed by atoms with E-state index in [1.807, 2.05) is 0 Å². The molecule has 1 atom stereocenters. The number of amidine groups is 1. The Morgan fingerprint density at radius 1 is 1.40 bits per heavy atom. The van der Waals surface area contributed by atoms with Crippen molar-refractivity contribution in [2.75, 3.05) is 5.32 Å². The quantitative estimate of drug-likeness (QED) is 0.259. The summed E-state index contributed by atoms with van der Waals surface area (Å²) in [6.07, 6.45) is 4.77. The van der Waals surface area contributed by atoms with Crippen LogP contribution in [0, 0.1) is 0 Å². The summed E-state index contributed by atoms with van der Waals surface area (Å²) >= 11 is 2.63. The predicted molar refractivity (Wildman–Crippen MR) is 101 cm³/mol. The summed E-state index contributed by atoms with van der Waals surface area (Å²) in [7, 11) is 0. The number of thiophene rings is 1. The molecular weight excluding hydrogens is 360 g/mol. The first-order valence-corrected chi connectivity index (χ1v) is 9.85. The molecule has 8 nitrogen and oxygen atoms in total. The summed E-state index contributed by atoms with van der Waals surface area (Å²) < 4.78 is 0. The Labute approximate surface area is 154 Å². The lowest BCUT2D eigenvalue weighted by atomic mass is 10.1. The Balaban J connectivity index is 1.68. The van der Waals surface area contributed by atoms with E-state index < -0.39 is 11.2 Å². The van der Waals surface area contributed by atoms with Crippen LogP contribution >= 0.6 is 23.1 Å². The number of hydrazine groups is 1. The molecule has 1 fully saturated rings. The summed E-state index contributed by atoms with van der Waals surface area (Å²) in [6, 6.07) is 0.242. The van der Waals surface area contributed by atoms with Crippen molar-refractivity contribution < 1.29 is 9.59 Å². The first kappa shape index (κ1) is 18.0. The minimum atomic E-state index is -0.499. The van der Waals surface area contributed by atoms with Gasteiger partial charge in [0.15, 0.2) is 5.17 Å². The lowest BCUT2D eigenvalue weighted by molar-refractivity contribution is -0.115. The summed E-state index contributed by atoms with van der Waals surface area (Å²) in [6.45, 7) is 1.75. The van der Waals surface area contributed by atoms with E-state index in [1.165, 1.54) is 28.1 Å². The van der Waals surface area contributed by atoms with Crippen LogP contribution in [0.3, 0.4) is 0 Å². The molecular formula is C15H22N6O2S2. The van der Waals surface area contributed by atoms with Gasteiger partial charge in [0.1, 0.15) is 5.00 Å². The van der Waals surface area contributed by atoms with Crippen LogP contribution in [-0.2, 0) is 17.6 Å². The largest absolute Gasteiger partial charge is 0.365 e. The predicted octanol–water partition coefficient (Wildman–Crippen LogP) is 0.964. The molecule has 0 saturated heterocycles. The number of nitrogens with zero attached hydrogens (tertiary/aromatic N) is 2. The fourth-order valence-corrected chi connectivity index (χ4v) is 4.96. The Kier molecular flexibility index (Phi) is 5.21. The number of nitrogens with two attached hydrogens (primary N) is 3. The summed E-state index contributed by atoms with van der Waals surface area (Å²) in [5.41, 5.74) is 6.96. The van der Waals surface area contributed by atoms with Crippen LogP contribution in [0.15, 0.2) is 5.10 Å². The van der Waals surface area contributed by atoms with Crippen molar-refractivity contribution >= 4 is 45.1 Å². The number of hydrogen-bond donors (Lipinski definition) is 4. The van der Waals surface area contributed by atoms with Gasteiger partial charge in [0, 0.05) is 10.9 Å². The van der Waals surface area contributed by atoms with Crippen LogP contribution in [0.4, 0.5) is 5.00 Å². The lowest BCUT2D eigenvalue weighted by Crippen LogP contribution is -2.40. The number of anilines is 1. The highest BCUT2D eigenvalue weighted by Crippen LogP contribution is 2.39. The number of carbonyl (C=O) groups excluding carboxylic acids is 2. The maximum atomic E-state index is 12.5. The molecule has 0 spiro atoms. The molecule has 2 aliphatic carbocycles. The van der Waals surface area contributed by atoms with Gasteiger partial charge in [0.05, 0.1) is 10.8 Å². The summed E-state index contributed by atoms with van der Waals surface area (Å²) in [5.74, 6) is 10.6. The van der Waals surface area contributed by atoms with Crippen molar-refractivity contribution in [3.05, 3.63) is 16.0 Å². The second kappa shape index (κ2) is 7.22. The van der Waals surface area contributed by atoms with Gasteiger partial charge in [-0.1, -0.05) is 11.8 Å². The minimum absolute atomic E-state index is 0.238. The zero-order chi connectivity index (χ0) is 18.1. The van der Waals surface area contributed by atoms with Gasteiger partial charge in [-0.15, -0.1) is 11.3 Å². The number of primary amides is 1. The van der Waals surface area contributed by atoms with Crippen LogP contribution in [0.5, 0.6) is 0 Å². The standard InChI is InChI=1S/C15H22N6O2S2/c1-7(24-15(20-17)21(18)8-5-6-8)13(23)19-14-11(12(16)22)9-3-2-4-10(9)25-14/h7-8H,2-6,17-18H2,1H3,(H2,16,22)(H,19,23)/b20-15+. The Bertz CT molecular complexity index is 728. The first-order chi connectivity index (χ1) is 11.9. The highest BCUT2D eigenvalue weighted by Gasteiger charge is 2.32. The number of rotatable bonds is 5. The summed E-state index contributed by atoms with van der Waals surface area (Å²) in [5, 5.41) is 8.54. The molecule has 0 radical (unpaired) electrons. The highest BCUT2D eigenvalue weighted by molar-refractivity contribution is 8.14. The van der Waals surface area contributed by atoms with Crippen molar-refractivity contribution in [1.29, 1.82) is 0 Å². The Morgan fingerprint density at radius 2 is 2.12 bits per heavy atom. The fraction of sp³-hybridized carbons (Fsp3) is 0.533. The van der Waals surface area contributed by atoms with E-state index in [0.717, 1.165) is 42.5 Å². The average Bonchev–Trinajstić information content (AvgIpc) is 3.23. The fourth-order valence-electron chi connectivity index (χ4n) is 2.84. The van der Waals surface area contributed by atoms with Gasteiger partial charge in [0.25, 0.3) is 5.91 Å². The van der Waals surface area contributed by atoms with Crippen LogP contribution in [0.1, 0.15) is 47.0 Å². The molecule has 136 valence electrons. The molecule has 2 aliphatic rings. The molecule has 0 aliphatic heterocycles. The second-order valence-electron chi connectivity index (χ2n) is 6.23. The van der Waals surface area contributed by atoms with Crippen LogP contribution in [0.2, 0.25) is 0 Å². The van der Waals surface area contributed by atoms with Crippen LogP contribution < -0.4 is 22.7 Å². The third-order valence-electron chi connectivity index (χ3n) is 4.33. The number of fused-ring (bicyclic) bond motifs is 1. The Morgan fingerprint density at radius 3 is 2.72 bits per heavy atom. The maximum Gasteiger partial charge on any atom is 0.251 e. The topological polar surface area (TPSA) is 140 Å². The van der Waals surface area contributed by atoms with Crippen LogP contribution in [-0.4, -0.2) is 33.3 Å². The van der Waals surface area contributed by atoms with Crippen molar-refractivity contribution in [2.24, 2.45) is 22.5 Å². The Hall–Kier alpha value is -1.78. The van der Waals surface area contributed by atoms with Gasteiger partial charge in [-0.2, -0.15) is 5.10 Å². The number of hydrazone groups is 1. The number of hydrogen-bond acceptors (Lipinski definition) is 7. The normalized spacial score (nSPS) is 17.9. The van der Waals surface area contributed by atoms with Gasteiger partial charge in [-0.3, -0.25) is 14.6 Å². The molecule has 2 amide bonds. The van der Waals surface area contributed by atoms with E-state index in [9.17, 15) is 9.59 Å². The first-order valence-electron chi connectivity index (χ1n) is 8.16. The third kappa shape index (κ3) is 3.75. The SMILES string of the molecule is CC(S/C(=N/N)N(N)C1CC1)C(=O)Nc1sc2c(c1C(N)=O)CCC2. The zero-order valence-corrected chi connectivity index (χ0v) is 15.6. The smallest absolute Gasteiger partial charge is 0.251 e. The second-order valence-corrected chi connectivity index (χ2v) is 8.64. The van der Waals surface area contributed by atoms with E-state index in [-0.39, 0.29) is 11.9 Å².